The topological polar surface area (TPSA) is 79.0 Å². The maximum atomic E-state index is 13.8. The van der Waals surface area contributed by atoms with Gasteiger partial charge >= 0.3 is 0 Å². The van der Waals surface area contributed by atoms with Gasteiger partial charge in [0.25, 0.3) is 0 Å². The Morgan fingerprint density at radius 3 is 2.29 bits per heavy atom. The van der Waals surface area contributed by atoms with Crippen molar-refractivity contribution in [3.8, 4) is 5.75 Å². The lowest BCUT2D eigenvalue weighted by Crippen LogP contribution is -2.46. The molecule has 6 rings (SSSR count). The average Bonchev–Trinajstić information content (AvgIpc) is 3.37. The van der Waals surface area contributed by atoms with Crippen molar-refractivity contribution in [1.29, 1.82) is 0 Å². The molecule has 0 radical (unpaired) electrons. The zero-order chi connectivity index (χ0) is 24.1. The van der Waals surface area contributed by atoms with Crippen LogP contribution >= 0.6 is 0 Å². The first-order valence-corrected chi connectivity index (χ1v) is 11.5. The number of methoxy groups -OCH3 is 1. The van der Waals surface area contributed by atoms with E-state index in [1.165, 1.54) is 4.90 Å². The first-order chi connectivity index (χ1) is 17.1. The third-order valence-corrected chi connectivity index (χ3v) is 7.10. The molecular formula is C28H23N3O4. The SMILES string of the molecule is COc1ccc(NC(=O)[C@@H]2[C@@H]3C(=O)N(c4ccccc4)C(=O)[C@H]3[C@H]3c4ccccc4C=CN23)cc1. The highest BCUT2D eigenvalue weighted by atomic mass is 16.5. The Balaban J connectivity index is 1.42. The number of ether oxygens (including phenoxy) is 1. The number of hydrogen-bond acceptors (Lipinski definition) is 5. The summed E-state index contributed by atoms with van der Waals surface area (Å²) in [5.74, 6) is -1.74. The fourth-order valence-corrected chi connectivity index (χ4v) is 5.58. The normalized spacial score (nSPS) is 24.1. The molecule has 2 saturated heterocycles. The number of benzene rings is 3. The molecule has 0 bridgehead atoms. The number of amides is 3. The molecule has 1 N–H and O–H groups in total. The molecule has 3 amide bonds. The summed E-state index contributed by atoms with van der Waals surface area (Å²) < 4.78 is 5.20. The van der Waals surface area contributed by atoms with E-state index in [4.69, 9.17) is 4.74 Å². The zero-order valence-electron chi connectivity index (χ0n) is 19.0. The van der Waals surface area contributed by atoms with Crippen LogP contribution < -0.4 is 15.0 Å². The van der Waals surface area contributed by atoms with Crippen LogP contribution in [0.15, 0.2) is 85.1 Å². The third kappa shape index (κ3) is 3.23. The van der Waals surface area contributed by atoms with Gasteiger partial charge in [0.1, 0.15) is 11.8 Å². The quantitative estimate of drug-likeness (QED) is 0.592. The number of rotatable bonds is 4. The lowest BCUT2D eigenvalue weighted by Gasteiger charge is -2.35. The van der Waals surface area contributed by atoms with E-state index in [0.717, 1.165) is 11.1 Å². The lowest BCUT2D eigenvalue weighted by molar-refractivity contribution is -0.128. The van der Waals surface area contributed by atoms with Gasteiger partial charge in [-0.1, -0.05) is 42.5 Å². The standard InChI is InChI=1S/C28H23N3O4/c1-35-20-13-11-18(12-14-20)29-26(32)25-23-22(24-21-10-6-5-7-17(21)15-16-30(24)25)27(33)31(28(23)34)19-8-3-2-4-9-19/h2-16,22-25H,1H3,(H,29,32)/t22-,23-,24-,25+/m1/s1. The minimum atomic E-state index is -0.832. The van der Waals surface area contributed by atoms with Gasteiger partial charge in [-0.25, -0.2) is 4.90 Å². The molecule has 2 fully saturated rings. The van der Waals surface area contributed by atoms with Crippen LogP contribution in [0.1, 0.15) is 17.2 Å². The molecule has 0 saturated carbocycles. The predicted molar refractivity (Wildman–Crippen MR) is 131 cm³/mol. The molecule has 3 aliphatic heterocycles. The first kappa shape index (κ1) is 21.2. The molecule has 3 aliphatic rings. The second-order valence-electron chi connectivity index (χ2n) is 8.90. The van der Waals surface area contributed by atoms with Crippen LogP contribution in [0.5, 0.6) is 5.75 Å². The Morgan fingerprint density at radius 2 is 1.54 bits per heavy atom. The highest BCUT2D eigenvalue weighted by Gasteiger charge is 2.64. The van der Waals surface area contributed by atoms with Crippen molar-refractivity contribution in [2.24, 2.45) is 11.8 Å². The molecular weight excluding hydrogens is 442 g/mol. The summed E-state index contributed by atoms with van der Waals surface area (Å²) >= 11 is 0. The summed E-state index contributed by atoms with van der Waals surface area (Å²) in [6, 6.07) is 22.5. The molecule has 0 spiro atoms. The van der Waals surface area contributed by atoms with Crippen molar-refractivity contribution < 1.29 is 19.1 Å². The zero-order valence-corrected chi connectivity index (χ0v) is 19.0. The smallest absolute Gasteiger partial charge is 0.247 e. The van der Waals surface area contributed by atoms with Gasteiger partial charge in [-0.3, -0.25) is 14.4 Å². The van der Waals surface area contributed by atoms with Crippen LogP contribution in [0.4, 0.5) is 11.4 Å². The molecule has 35 heavy (non-hydrogen) atoms. The maximum absolute atomic E-state index is 13.8. The Bertz CT molecular complexity index is 1350. The number of imide groups is 1. The number of carbonyl (C=O) groups excluding carboxylic acids is 3. The molecule has 7 nitrogen and oxygen atoms in total. The van der Waals surface area contributed by atoms with Crippen LogP contribution in [0.25, 0.3) is 6.08 Å². The molecule has 0 unspecified atom stereocenters. The van der Waals surface area contributed by atoms with Gasteiger partial charge in [0.05, 0.1) is 30.7 Å². The van der Waals surface area contributed by atoms with Gasteiger partial charge in [-0.15, -0.1) is 0 Å². The van der Waals surface area contributed by atoms with Gasteiger partial charge < -0.3 is 15.0 Å². The van der Waals surface area contributed by atoms with E-state index in [0.29, 0.717) is 17.1 Å². The van der Waals surface area contributed by atoms with Gasteiger partial charge in [0, 0.05) is 11.9 Å². The van der Waals surface area contributed by atoms with E-state index in [1.54, 1.807) is 55.6 Å². The lowest BCUT2D eigenvalue weighted by atomic mass is 9.84. The van der Waals surface area contributed by atoms with E-state index in [9.17, 15) is 14.4 Å². The summed E-state index contributed by atoms with van der Waals surface area (Å²) in [5.41, 5.74) is 3.05. The van der Waals surface area contributed by atoms with Crippen molar-refractivity contribution in [2.45, 2.75) is 12.1 Å². The van der Waals surface area contributed by atoms with Crippen LogP contribution in [-0.4, -0.2) is 35.8 Å². The van der Waals surface area contributed by atoms with E-state index >= 15 is 0 Å². The number of anilines is 2. The summed E-state index contributed by atoms with van der Waals surface area (Å²) in [5, 5.41) is 2.94. The second-order valence-corrected chi connectivity index (χ2v) is 8.90. The number of fused-ring (bicyclic) bond motifs is 5. The molecule has 3 heterocycles. The van der Waals surface area contributed by atoms with Crippen molar-refractivity contribution in [3.05, 3.63) is 96.2 Å². The van der Waals surface area contributed by atoms with Gasteiger partial charge in [0.2, 0.25) is 17.7 Å². The largest absolute Gasteiger partial charge is 0.497 e. The molecule has 0 aromatic heterocycles. The summed E-state index contributed by atoms with van der Waals surface area (Å²) in [4.78, 5) is 44.3. The van der Waals surface area contributed by atoms with E-state index in [2.05, 4.69) is 5.32 Å². The fraction of sp³-hybridized carbons (Fsp3) is 0.179. The number of nitrogens with one attached hydrogen (secondary N) is 1. The first-order valence-electron chi connectivity index (χ1n) is 11.5. The highest BCUT2D eigenvalue weighted by molar-refractivity contribution is 6.24. The minimum absolute atomic E-state index is 0.272. The Labute approximate surface area is 202 Å². The van der Waals surface area contributed by atoms with Crippen molar-refractivity contribution in [2.75, 3.05) is 17.3 Å². The maximum Gasteiger partial charge on any atom is 0.247 e. The van der Waals surface area contributed by atoms with Gasteiger partial charge in [-0.2, -0.15) is 0 Å². The monoisotopic (exact) mass is 465 g/mol. The number of hydrogen-bond donors (Lipinski definition) is 1. The highest BCUT2D eigenvalue weighted by Crippen LogP contribution is 2.53. The van der Waals surface area contributed by atoms with Crippen LogP contribution in [0.3, 0.4) is 0 Å². The van der Waals surface area contributed by atoms with E-state index < -0.39 is 23.9 Å². The molecule has 4 atom stereocenters. The molecule has 0 aliphatic carbocycles. The summed E-state index contributed by atoms with van der Waals surface area (Å²) in [6.45, 7) is 0. The second kappa shape index (κ2) is 8.13. The Kier molecular flexibility index (Phi) is 4.91. The van der Waals surface area contributed by atoms with Gasteiger partial charge in [0.15, 0.2) is 0 Å². The van der Waals surface area contributed by atoms with Crippen LogP contribution in [0.2, 0.25) is 0 Å². The van der Waals surface area contributed by atoms with Crippen molar-refractivity contribution in [3.63, 3.8) is 0 Å². The average molecular weight is 466 g/mol. The number of carbonyl (C=O) groups is 3. The predicted octanol–water partition coefficient (Wildman–Crippen LogP) is 3.85. The molecule has 3 aromatic rings. The minimum Gasteiger partial charge on any atom is -0.497 e. The third-order valence-electron chi connectivity index (χ3n) is 7.10. The Hall–Kier alpha value is -4.39. The van der Waals surface area contributed by atoms with E-state index in [1.807, 2.05) is 47.5 Å². The molecule has 7 heteroatoms. The van der Waals surface area contributed by atoms with E-state index in [-0.39, 0.29) is 17.7 Å². The van der Waals surface area contributed by atoms with Crippen molar-refractivity contribution >= 4 is 35.2 Å². The molecule has 174 valence electrons. The van der Waals surface area contributed by atoms with Gasteiger partial charge in [-0.05, 0) is 53.6 Å². The van der Waals surface area contributed by atoms with Crippen LogP contribution in [0, 0.1) is 11.8 Å². The fourth-order valence-electron chi connectivity index (χ4n) is 5.58. The molecule has 3 aromatic carbocycles. The number of nitrogens with zero attached hydrogens (tertiary/aromatic N) is 2. The number of para-hydroxylation sites is 1. The van der Waals surface area contributed by atoms with Crippen molar-refractivity contribution in [1.82, 2.24) is 4.90 Å². The van der Waals surface area contributed by atoms with Crippen LogP contribution in [-0.2, 0) is 14.4 Å². The summed E-state index contributed by atoms with van der Waals surface area (Å²) in [6.07, 6.45) is 3.78. The summed E-state index contributed by atoms with van der Waals surface area (Å²) in [7, 11) is 1.58. The Morgan fingerprint density at radius 1 is 0.857 bits per heavy atom.